The lowest BCUT2D eigenvalue weighted by molar-refractivity contribution is 0.0846. The molecule has 0 aliphatic heterocycles. The normalized spacial score (nSPS) is 9.90. The largest absolute Gasteiger partial charge is 0.269 e. The van der Waals surface area contributed by atoms with Crippen LogP contribution in [-0.4, -0.2) is 11.8 Å². The number of halogens is 2. The molecule has 102 valence electrons. The van der Waals surface area contributed by atoms with Crippen LogP contribution in [0.5, 0.6) is 0 Å². The lowest BCUT2D eigenvalue weighted by Crippen LogP contribution is -2.41. The molecule has 0 aromatic heterocycles. The van der Waals surface area contributed by atoms with Gasteiger partial charge in [0.25, 0.3) is 11.8 Å². The Morgan fingerprint density at radius 2 is 1.15 bits per heavy atom. The second kappa shape index (κ2) is 6.67. The molecule has 0 spiro atoms. The van der Waals surface area contributed by atoms with Crippen molar-refractivity contribution in [3.8, 4) is 0 Å². The topological polar surface area (TPSA) is 58.2 Å². The monoisotopic (exact) mass is 396 g/mol. The number of carbonyl (C=O) groups excluding carboxylic acids is 2. The van der Waals surface area contributed by atoms with Crippen LogP contribution >= 0.6 is 31.9 Å². The number of rotatable bonds is 2. The number of amides is 2. The Hall–Kier alpha value is -1.66. The second-order valence-electron chi connectivity index (χ2n) is 3.93. The summed E-state index contributed by atoms with van der Waals surface area (Å²) in [7, 11) is 0. The predicted octanol–water partition coefficient (Wildman–Crippen LogP) is 3.29. The standard InChI is InChI=1S/C14H10Br2N2O2/c15-11-5-1-3-9(7-11)13(19)17-18-14(20)10-4-2-6-12(16)8-10/h1-8H,(H,17,19)(H,18,20). The number of nitrogens with one attached hydrogen (secondary N) is 2. The van der Waals surface area contributed by atoms with Gasteiger partial charge in [-0.15, -0.1) is 0 Å². The minimum absolute atomic E-state index is 0.380. The fourth-order valence-electron chi connectivity index (χ4n) is 1.52. The van der Waals surface area contributed by atoms with E-state index in [2.05, 4.69) is 42.7 Å². The molecule has 4 nitrogen and oxygen atoms in total. The van der Waals surface area contributed by atoms with Crippen LogP contribution in [0.4, 0.5) is 0 Å². The van der Waals surface area contributed by atoms with Crippen molar-refractivity contribution in [2.24, 2.45) is 0 Å². The van der Waals surface area contributed by atoms with E-state index in [1.165, 1.54) is 0 Å². The van der Waals surface area contributed by atoms with Gasteiger partial charge in [0.15, 0.2) is 0 Å². The zero-order chi connectivity index (χ0) is 14.5. The van der Waals surface area contributed by atoms with Crippen molar-refractivity contribution in [3.63, 3.8) is 0 Å². The SMILES string of the molecule is O=C(NNC(=O)c1cccc(Br)c1)c1cccc(Br)c1. The van der Waals surface area contributed by atoms with E-state index < -0.39 is 0 Å². The zero-order valence-electron chi connectivity index (χ0n) is 10.2. The van der Waals surface area contributed by atoms with Crippen LogP contribution in [-0.2, 0) is 0 Å². The molecule has 2 rings (SSSR count). The summed E-state index contributed by atoms with van der Waals surface area (Å²) in [6, 6.07) is 13.8. The second-order valence-corrected chi connectivity index (χ2v) is 5.76. The smallest absolute Gasteiger partial charge is 0.267 e. The quantitative estimate of drug-likeness (QED) is 0.764. The summed E-state index contributed by atoms with van der Waals surface area (Å²) in [5.41, 5.74) is 5.64. The first-order valence-electron chi connectivity index (χ1n) is 5.68. The molecule has 0 atom stereocenters. The van der Waals surface area contributed by atoms with Crippen molar-refractivity contribution in [2.45, 2.75) is 0 Å². The number of hydrogen-bond donors (Lipinski definition) is 2. The lowest BCUT2D eigenvalue weighted by Gasteiger charge is -2.07. The van der Waals surface area contributed by atoms with Crippen LogP contribution < -0.4 is 10.9 Å². The van der Waals surface area contributed by atoms with Gasteiger partial charge in [-0.3, -0.25) is 20.4 Å². The fraction of sp³-hybridized carbons (Fsp3) is 0. The van der Waals surface area contributed by atoms with Crippen LogP contribution in [0.3, 0.4) is 0 Å². The van der Waals surface area contributed by atoms with Crippen LogP contribution in [0.2, 0.25) is 0 Å². The summed E-state index contributed by atoms with van der Waals surface area (Å²) < 4.78 is 1.59. The summed E-state index contributed by atoms with van der Waals surface area (Å²) in [4.78, 5) is 23.7. The van der Waals surface area contributed by atoms with E-state index in [0.29, 0.717) is 11.1 Å². The third-order valence-corrected chi connectivity index (χ3v) is 3.45. The Morgan fingerprint density at radius 3 is 1.50 bits per heavy atom. The molecule has 0 bridgehead atoms. The molecular weight excluding hydrogens is 388 g/mol. The van der Waals surface area contributed by atoms with Gasteiger partial charge in [-0.25, -0.2) is 0 Å². The van der Waals surface area contributed by atoms with Crippen molar-refractivity contribution >= 4 is 43.7 Å². The van der Waals surface area contributed by atoms with Gasteiger partial charge >= 0.3 is 0 Å². The van der Waals surface area contributed by atoms with Gasteiger partial charge in [-0.1, -0.05) is 44.0 Å². The van der Waals surface area contributed by atoms with Gasteiger partial charge in [-0.05, 0) is 36.4 Å². The van der Waals surface area contributed by atoms with E-state index in [1.54, 1.807) is 36.4 Å². The van der Waals surface area contributed by atoms with Gasteiger partial charge in [0.1, 0.15) is 0 Å². The van der Waals surface area contributed by atoms with Crippen LogP contribution in [0.15, 0.2) is 57.5 Å². The minimum atomic E-state index is -0.380. The summed E-state index contributed by atoms with van der Waals surface area (Å²) >= 11 is 6.57. The number of hydrogen-bond acceptors (Lipinski definition) is 2. The summed E-state index contributed by atoms with van der Waals surface area (Å²) in [6.45, 7) is 0. The average Bonchev–Trinajstić information content (AvgIpc) is 2.44. The highest BCUT2D eigenvalue weighted by Gasteiger charge is 2.09. The van der Waals surface area contributed by atoms with Crippen LogP contribution in [0.1, 0.15) is 20.7 Å². The molecule has 0 radical (unpaired) electrons. The molecule has 6 heteroatoms. The first-order chi connectivity index (χ1) is 9.56. The average molecular weight is 398 g/mol. The summed E-state index contributed by atoms with van der Waals surface area (Å²) in [5.74, 6) is -0.760. The maximum absolute atomic E-state index is 11.8. The molecule has 0 heterocycles. The van der Waals surface area contributed by atoms with Crippen molar-refractivity contribution < 1.29 is 9.59 Å². The van der Waals surface area contributed by atoms with E-state index in [9.17, 15) is 9.59 Å². The molecule has 0 saturated heterocycles. The predicted molar refractivity (Wildman–Crippen MR) is 83.2 cm³/mol. The van der Waals surface area contributed by atoms with Gasteiger partial charge in [0, 0.05) is 20.1 Å². The number of carbonyl (C=O) groups is 2. The van der Waals surface area contributed by atoms with E-state index in [-0.39, 0.29) is 11.8 Å². The lowest BCUT2D eigenvalue weighted by atomic mass is 10.2. The van der Waals surface area contributed by atoms with E-state index in [0.717, 1.165) is 8.95 Å². The maximum atomic E-state index is 11.8. The highest BCUT2D eigenvalue weighted by molar-refractivity contribution is 9.10. The van der Waals surface area contributed by atoms with Gasteiger partial charge in [-0.2, -0.15) is 0 Å². The fourth-order valence-corrected chi connectivity index (χ4v) is 2.32. The maximum Gasteiger partial charge on any atom is 0.269 e. The summed E-state index contributed by atoms with van der Waals surface area (Å²) in [5, 5.41) is 0. The Balaban J connectivity index is 1.98. The first kappa shape index (κ1) is 14.7. The zero-order valence-corrected chi connectivity index (χ0v) is 13.4. The van der Waals surface area contributed by atoms with E-state index in [4.69, 9.17) is 0 Å². The molecule has 0 saturated carbocycles. The summed E-state index contributed by atoms with van der Waals surface area (Å²) in [6.07, 6.45) is 0. The molecule has 0 unspecified atom stereocenters. The third kappa shape index (κ3) is 3.91. The van der Waals surface area contributed by atoms with Crippen molar-refractivity contribution in [1.82, 2.24) is 10.9 Å². The van der Waals surface area contributed by atoms with Crippen molar-refractivity contribution in [1.29, 1.82) is 0 Å². The molecule has 0 fully saturated rings. The van der Waals surface area contributed by atoms with Gasteiger partial charge in [0.2, 0.25) is 0 Å². The van der Waals surface area contributed by atoms with Crippen LogP contribution in [0.25, 0.3) is 0 Å². The van der Waals surface area contributed by atoms with Crippen molar-refractivity contribution in [2.75, 3.05) is 0 Å². The van der Waals surface area contributed by atoms with Gasteiger partial charge in [0.05, 0.1) is 0 Å². The molecular formula is C14H10Br2N2O2. The van der Waals surface area contributed by atoms with Crippen LogP contribution in [0, 0.1) is 0 Å². The third-order valence-electron chi connectivity index (χ3n) is 2.46. The van der Waals surface area contributed by atoms with Gasteiger partial charge < -0.3 is 0 Å². The Labute approximate surface area is 132 Å². The molecule has 2 N–H and O–H groups in total. The number of hydrazine groups is 1. The highest BCUT2D eigenvalue weighted by atomic mass is 79.9. The molecule has 20 heavy (non-hydrogen) atoms. The van der Waals surface area contributed by atoms with E-state index in [1.807, 2.05) is 12.1 Å². The van der Waals surface area contributed by atoms with E-state index >= 15 is 0 Å². The Bertz CT molecular complexity index is 602. The first-order valence-corrected chi connectivity index (χ1v) is 7.26. The Morgan fingerprint density at radius 1 is 0.750 bits per heavy atom. The Kier molecular flexibility index (Phi) is 4.92. The molecule has 2 amide bonds. The minimum Gasteiger partial charge on any atom is -0.267 e. The van der Waals surface area contributed by atoms with Crippen molar-refractivity contribution in [3.05, 3.63) is 68.6 Å². The molecule has 0 aliphatic rings. The molecule has 2 aromatic carbocycles. The highest BCUT2D eigenvalue weighted by Crippen LogP contribution is 2.12. The molecule has 2 aromatic rings. The number of benzene rings is 2. The molecule has 0 aliphatic carbocycles.